The van der Waals surface area contributed by atoms with Crippen LogP contribution in [0.1, 0.15) is 36.7 Å². The zero-order chi connectivity index (χ0) is 25.5. The topological polar surface area (TPSA) is 67.4 Å². The van der Waals surface area contributed by atoms with E-state index in [1.165, 1.54) is 5.56 Å². The number of amides is 2. The largest absolute Gasteiger partial charge is 0.484 e. The van der Waals surface area contributed by atoms with Crippen molar-refractivity contribution in [3.8, 4) is 16.9 Å². The lowest BCUT2D eigenvalue weighted by Crippen LogP contribution is -2.20. The summed E-state index contributed by atoms with van der Waals surface area (Å²) in [6.45, 7) is 6.31. The van der Waals surface area contributed by atoms with Gasteiger partial charge in [0.15, 0.2) is 6.61 Å². The second kappa shape index (κ2) is 10.9. The van der Waals surface area contributed by atoms with Crippen LogP contribution >= 0.6 is 0 Å². The average Bonchev–Trinajstić information content (AvgIpc) is 2.89. The molecule has 5 nitrogen and oxygen atoms in total. The first-order chi connectivity index (χ1) is 17.3. The Morgan fingerprint density at radius 3 is 1.81 bits per heavy atom. The minimum atomic E-state index is -0.266. The number of anilines is 2. The van der Waals surface area contributed by atoms with Crippen LogP contribution in [0.3, 0.4) is 0 Å². The van der Waals surface area contributed by atoms with Gasteiger partial charge in [0.2, 0.25) is 0 Å². The number of benzene rings is 4. The molecule has 2 amide bonds. The molecule has 0 aliphatic rings. The summed E-state index contributed by atoms with van der Waals surface area (Å²) in [6.07, 6.45) is 0. The zero-order valence-electron chi connectivity index (χ0n) is 20.7. The molecule has 0 radical (unpaired) electrons. The van der Waals surface area contributed by atoms with Crippen LogP contribution in [0.25, 0.3) is 11.1 Å². The summed E-state index contributed by atoms with van der Waals surface area (Å²) in [5, 5.41) is 5.69. The molecule has 2 N–H and O–H groups in total. The molecule has 0 aliphatic heterocycles. The Hall–Kier alpha value is -4.38. The second-order valence-electron chi connectivity index (χ2n) is 9.59. The van der Waals surface area contributed by atoms with Crippen molar-refractivity contribution in [3.63, 3.8) is 0 Å². The van der Waals surface area contributed by atoms with Crippen molar-refractivity contribution in [2.24, 2.45) is 0 Å². The molecule has 0 unspecified atom stereocenters. The third kappa shape index (κ3) is 6.60. The van der Waals surface area contributed by atoms with E-state index in [1.54, 1.807) is 24.3 Å². The van der Waals surface area contributed by atoms with Gasteiger partial charge in [-0.2, -0.15) is 0 Å². The number of nitrogens with one attached hydrogen (secondary N) is 2. The Morgan fingerprint density at radius 1 is 0.667 bits per heavy atom. The number of rotatable bonds is 7. The van der Waals surface area contributed by atoms with Crippen LogP contribution in [0.15, 0.2) is 103 Å². The van der Waals surface area contributed by atoms with Gasteiger partial charge in [0.1, 0.15) is 5.75 Å². The molecule has 4 aromatic rings. The van der Waals surface area contributed by atoms with E-state index in [2.05, 4.69) is 31.4 Å². The van der Waals surface area contributed by atoms with Gasteiger partial charge in [-0.15, -0.1) is 0 Å². The van der Waals surface area contributed by atoms with E-state index in [1.807, 2.05) is 78.9 Å². The fourth-order valence-electron chi connectivity index (χ4n) is 3.68. The molecule has 0 spiro atoms. The highest BCUT2D eigenvalue weighted by molar-refractivity contribution is 6.04. The van der Waals surface area contributed by atoms with Gasteiger partial charge in [0.25, 0.3) is 11.8 Å². The summed E-state index contributed by atoms with van der Waals surface area (Å²) < 4.78 is 5.62. The molecule has 182 valence electrons. The predicted molar refractivity (Wildman–Crippen MR) is 146 cm³/mol. The van der Waals surface area contributed by atoms with Crippen molar-refractivity contribution in [1.82, 2.24) is 0 Å². The van der Waals surface area contributed by atoms with Crippen molar-refractivity contribution in [1.29, 1.82) is 0 Å². The Kier molecular flexibility index (Phi) is 7.50. The predicted octanol–water partition coefficient (Wildman–Crippen LogP) is 6.92. The van der Waals surface area contributed by atoms with Crippen LogP contribution in [-0.4, -0.2) is 18.4 Å². The normalized spacial score (nSPS) is 11.0. The molecule has 0 saturated carbocycles. The highest BCUT2D eigenvalue weighted by atomic mass is 16.5. The van der Waals surface area contributed by atoms with Crippen LogP contribution in [0.5, 0.6) is 5.75 Å². The molecule has 5 heteroatoms. The quantitative estimate of drug-likeness (QED) is 0.303. The van der Waals surface area contributed by atoms with E-state index in [0.29, 0.717) is 22.7 Å². The minimum Gasteiger partial charge on any atom is -0.484 e. The Labute approximate surface area is 212 Å². The first-order valence-electron chi connectivity index (χ1n) is 11.9. The first-order valence-corrected chi connectivity index (χ1v) is 11.9. The van der Waals surface area contributed by atoms with Crippen molar-refractivity contribution in [2.45, 2.75) is 26.2 Å². The maximum atomic E-state index is 12.6. The van der Waals surface area contributed by atoms with Crippen molar-refractivity contribution in [2.75, 3.05) is 17.2 Å². The number of carbonyl (C=O) groups excluding carboxylic acids is 2. The van der Waals surface area contributed by atoms with Crippen molar-refractivity contribution >= 4 is 23.2 Å². The molecule has 0 fully saturated rings. The average molecular weight is 479 g/mol. The van der Waals surface area contributed by atoms with Gasteiger partial charge >= 0.3 is 0 Å². The molecule has 0 aromatic heterocycles. The summed E-state index contributed by atoms with van der Waals surface area (Å²) in [4.78, 5) is 24.9. The highest BCUT2D eigenvalue weighted by Gasteiger charge is 2.14. The molecular weight excluding hydrogens is 448 g/mol. The van der Waals surface area contributed by atoms with Crippen LogP contribution in [0.2, 0.25) is 0 Å². The third-order valence-corrected chi connectivity index (χ3v) is 5.77. The Bertz CT molecular complexity index is 1310. The van der Waals surface area contributed by atoms with E-state index >= 15 is 0 Å². The molecular formula is C31H30N2O3. The van der Waals surface area contributed by atoms with Crippen molar-refractivity contribution in [3.05, 3.63) is 114 Å². The lowest BCUT2D eigenvalue weighted by atomic mass is 9.87. The van der Waals surface area contributed by atoms with Crippen LogP contribution in [-0.2, 0) is 10.2 Å². The summed E-state index contributed by atoms with van der Waals surface area (Å²) in [5.41, 5.74) is 5.28. The van der Waals surface area contributed by atoms with E-state index in [4.69, 9.17) is 4.74 Å². The second-order valence-corrected chi connectivity index (χ2v) is 9.59. The summed E-state index contributed by atoms with van der Waals surface area (Å²) >= 11 is 0. The summed E-state index contributed by atoms with van der Waals surface area (Å²) in [5.74, 6) is 0.176. The molecule has 0 heterocycles. The summed E-state index contributed by atoms with van der Waals surface area (Å²) in [7, 11) is 0. The lowest BCUT2D eigenvalue weighted by molar-refractivity contribution is -0.118. The van der Waals surface area contributed by atoms with E-state index in [9.17, 15) is 9.59 Å². The van der Waals surface area contributed by atoms with Gasteiger partial charge in [-0.25, -0.2) is 0 Å². The van der Waals surface area contributed by atoms with Gasteiger partial charge in [-0.05, 0) is 70.6 Å². The van der Waals surface area contributed by atoms with Crippen molar-refractivity contribution < 1.29 is 14.3 Å². The van der Waals surface area contributed by atoms with E-state index < -0.39 is 0 Å². The molecule has 4 aromatic carbocycles. The molecule has 0 atom stereocenters. The molecule has 0 aliphatic carbocycles. The number of hydrogen-bond donors (Lipinski definition) is 2. The summed E-state index contributed by atoms with van der Waals surface area (Å²) in [6, 6.07) is 32.3. The number of ether oxygens (including phenoxy) is 1. The molecule has 0 bridgehead atoms. The van der Waals surface area contributed by atoms with Crippen LogP contribution < -0.4 is 15.4 Å². The Balaban J connectivity index is 1.26. The SMILES string of the molecule is CC(C)(C)c1ccc(C(=O)Nc2ccc(NC(=O)COc3ccc(-c4ccccc4)cc3)cc2)cc1. The van der Waals surface area contributed by atoms with Gasteiger partial charge in [-0.1, -0.05) is 75.4 Å². The maximum Gasteiger partial charge on any atom is 0.262 e. The molecule has 36 heavy (non-hydrogen) atoms. The first kappa shape index (κ1) is 24.7. The van der Waals surface area contributed by atoms with Gasteiger partial charge in [-0.3, -0.25) is 9.59 Å². The van der Waals surface area contributed by atoms with Gasteiger partial charge in [0.05, 0.1) is 0 Å². The smallest absolute Gasteiger partial charge is 0.262 e. The standard InChI is InChI=1S/C31H30N2O3/c1-31(2,3)25-13-9-24(10-14-25)30(35)33-27-17-15-26(16-18-27)32-29(34)21-36-28-19-11-23(12-20-28)22-7-5-4-6-8-22/h4-20H,21H2,1-3H3,(H,32,34)(H,33,35). The van der Waals surface area contributed by atoms with Crippen LogP contribution in [0.4, 0.5) is 11.4 Å². The number of hydrogen-bond acceptors (Lipinski definition) is 3. The fraction of sp³-hybridized carbons (Fsp3) is 0.161. The van der Waals surface area contributed by atoms with Crippen LogP contribution in [0, 0.1) is 0 Å². The molecule has 4 rings (SSSR count). The Morgan fingerprint density at radius 2 is 1.22 bits per heavy atom. The monoisotopic (exact) mass is 478 g/mol. The van der Waals surface area contributed by atoms with E-state index in [0.717, 1.165) is 11.1 Å². The number of carbonyl (C=O) groups is 2. The highest BCUT2D eigenvalue weighted by Crippen LogP contribution is 2.23. The maximum absolute atomic E-state index is 12.6. The van der Waals surface area contributed by atoms with E-state index in [-0.39, 0.29) is 23.8 Å². The van der Waals surface area contributed by atoms with Gasteiger partial charge < -0.3 is 15.4 Å². The zero-order valence-corrected chi connectivity index (χ0v) is 20.7. The molecule has 0 saturated heterocycles. The van der Waals surface area contributed by atoms with Gasteiger partial charge in [0, 0.05) is 16.9 Å². The minimum absolute atomic E-state index is 0.0350. The lowest BCUT2D eigenvalue weighted by Gasteiger charge is -2.19. The fourth-order valence-corrected chi connectivity index (χ4v) is 3.68. The third-order valence-electron chi connectivity index (χ3n) is 5.77.